The molecule has 1 saturated heterocycles. The zero-order chi connectivity index (χ0) is 17.9. The van der Waals surface area contributed by atoms with E-state index in [-0.39, 0.29) is 6.61 Å². The Labute approximate surface area is 154 Å². The average molecular weight is 356 g/mol. The molecule has 26 heavy (non-hydrogen) atoms. The van der Waals surface area contributed by atoms with Gasteiger partial charge in [0.1, 0.15) is 17.4 Å². The minimum Gasteiger partial charge on any atom is -0.468 e. The number of fused-ring (bicyclic) bond motifs is 1. The molecule has 6 heteroatoms. The van der Waals surface area contributed by atoms with Crippen LogP contribution in [-0.2, 0) is 19.4 Å². The first-order chi connectivity index (χ1) is 12.7. The molecular formula is C20H28N4O2. The summed E-state index contributed by atoms with van der Waals surface area (Å²) in [6.45, 7) is 7.00. The lowest BCUT2D eigenvalue weighted by atomic mass is 9.98. The molecule has 2 aromatic rings. The second-order valence-corrected chi connectivity index (χ2v) is 7.51. The number of hydrogen-bond donors (Lipinski definition) is 1. The first kappa shape index (κ1) is 17.5. The van der Waals surface area contributed by atoms with Crippen molar-refractivity contribution in [2.45, 2.75) is 39.2 Å². The first-order valence-corrected chi connectivity index (χ1v) is 9.70. The van der Waals surface area contributed by atoms with Gasteiger partial charge in [-0.25, -0.2) is 9.97 Å². The van der Waals surface area contributed by atoms with E-state index < -0.39 is 0 Å². The number of hydrogen-bond acceptors (Lipinski definition) is 6. The lowest BCUT2D eigenvalue weighted by Crippen LogP contribution is -2.38. The van der Waals surface area contributed by atoms with Crippen LogP contribution >= 0.6 is 0 Å². The van der Waals surface area contributed by atoms with E-state index in [0.29, 0.717) is 5.92 Å². The average Bonchev–Trinajstić information content (AvgIpc) is 3.09. The van der Waals surface area contributed by atoms with Crippen molar-refractivity contribution in [2.75, 3.05) is 37.7 Å². The van der Waals surface area contributed by atoms with E-state index in [1.54, 1.807) is 6.26 Å². The van der Waals surface area contributed by atoms with Gasteiger partial charge in [-0.1, -0.05) is 0 Å². The molecule has 4 heterocycles. The van der Waals surface area contributed by atoms with Gasteiger partial charge >= 0.3 is 0 Å². The number of anilines is 1. The summed E-state index contributed by atoms with van der Waals surface area (Å²) >= 11 is 0. The molecule has 0 radical (unpaired) electrons. The van der Waals surface area contributed by atoms with E-state index in [2.05, 4.69) is 9.80 Å². The van der Waals surface area contributed by atoms with E-state index in [4.69, 9.17) is 14.4 Å². The van der Waals surface area contributed by atoms with Gasteiger partial charge in [-0.05, 0) is 44.2 Å². The molecule has 2 aromatic heterocycles. The standard InChI is InChI=1S/C20H28N4O2/c1-15-21-19-7-10-23(13-17-5-3-11-26-17)9-6-18(19)20(22-15)24-8-2-4-16(12-24)14-25/h3,5,11,16,25H,2,4,6-10,12-14H2,1H3/t16-/m0/s1. The van der Waals surface area contributed by atoms with Crippen LogP contribution in [-0.4, -0.2) is 52.8 Å². The van der Waals surface area contributed by atoms with Crippen LogP contribution in [0.5, 0.6) is 0 Å². The number of piperidine rings is 1. The molecule has 1 atom stereocenters. The quantitative estimate of drug-likeness (QED) is 0.906. The van der Waals surface area contributed by atoms with E-state index >= 15 is 0 Å². The van der Waals surface area contributed by atoms with Gasteiger partial charge in [-0.15, -0.1) is 0 Å². The Balaban J connectivity index is 1.55. The smallest absolute Gasteiger partial charge is 0.135 e. The largest absolute Gasteiger partial charge is 0.468 e. The number of aryl methyl sites for hydroxylation is 1. The van der Waals surface area contributed by atoms with Gasteiger partial charge in [0, 0.05) is 44.8 Å². The fraction of sp³-hybridized carbons (Fsp3) is 0.600. The van der Waals surface area contributed by atoms with Gasteiger partial charge in [0.05, 0.1) is 18.5 Å². The van der Waals surface area contributed by atoms with Crippen molar-refractivity contribution in [2.24, 2.45) is 5.92 Å². The van der Waals surface area contributed by atoms with Gasteiger partial charge < -0.3 is 14.4 Å². The highest BCUT2D eigenvalue weighted by atomic mass is 16.3. The molecule has 0 bridgehead atoms. The predicted octanol–water partition coefficient (Wildman–Crippen LogP) is 2.19. The molecule has 4 rings (SSSR count). The number of aliphatic hydroxyl groups excluding tert-OH is 1. The summed E-state index contributed by atoms with van der Waals surface area (Å²) in [4.78, 5) is 14.4. The molecule has 0 spiro atoms. The minimum absolute atomic E-state index is 0.264. The van der Waals surface area contributed by atoms with Gasteiger partial charge in [-0.2, -0.15) is 0 Å². The van der Waals surface area contributed by atoms with E-state index in [9.17, 15) is 5.11 Å². The number of aromatic nitrogens is 2. The lowest BCUT2D eigenvalue weighted by molar-refractivity contribution is 0.208. The summed E-state index contributed by atoms with van der Waals surface area (Å²) in [5.74, 6) is 3.33. The second-order valence-electron chi connectivity index (χ2n) is 7.51. The van der Waals surface area contributed by atoms with Crippen molar-refractivity contribution >= 4 is 5.82 Å². The number of furan rings is 1. The van der Waals surface area contributed by atoms with Crippen molar-refractivity contribution in [3.63, 3.8) is 0 Å². The molecule has 2 aliphatic rings. The van der Waals surface area contributed by atoms with Crippen LogP contribution in [0.1, 0.15) is 35.7 Å². The van der Waals surface area contributed by atoms with Gasteiger partial charge in [0.15, 0.2) is 0 Å². The van der Waals surface area contributed by atoms with Gasteiger partial charge in [0.25, 0.3) is 0 Å². The van der Waals surface area contributed by atoms with Gasteiger partial charge in [-0.3, -0.25) is 4.90 Å². The summed E-state index contributed by atoms with van der Waals surface area (Å²) in [6, 6.07) is 3.99. The Hall–Kier alpha value is -1.92. The maximum atomic E-state index is 9.58. The first-order valence-electron chi connectivity index (χ1n) is 9.70. The van der Waals surface area contributed by atoms with Crippen molar-refractivity contribution in [3.8, 4) is 0 Å². The van der Waals surface area contributed by atoms with E-state index in [1.807, 2.05) is 19.1 Å². The monoisotopic (exact) mass is 356 g/mol. The Bertz CT molecular complexity index is 732. The molecule has 6 nitrogen and oxygen atoms in total. The third-order valence-electron chi connectivity index (χ3n) is 5.56. The molecule has 1 N–H and O–H groups in total. The summed E-state index contributed by atoms with van der Waals surface area (Å²) in [5.41, 5.74) is 2.50. The van der Waals surface area contributed by atoms with Crippen LogP contribution in [0, 0.1) is 12.8 Å². The zero-order valence-corrected chi connectivity index (χ0v) is 15.5. The van der Waals surface area contributed by atoms with E-state index in [0.717, 1.165) is 75.8 Å². The van der Waals surface area contributed by atoms with Crippen LogP contribution < -0.4 is 4.90 Å². The van der Waals surface area contributed by atoms with Crippen molar-refractivity contribution < 1.29 is 9.52 Å². The molecule has 0 saturated carbocycles. The van der Waals surface area contributed by atoms with Gasteiger partial charge in [0.2, 0.25) is 0 Å². The molecular weight excluding hydrogens is 328 g/mol. The summed E-state index contributed by atoms with van der Waals surface area (Å²) in [6.07, 6.45) is 5.88. The molecule has 0 aromatic carbocycles. The minimum atomic E-state index is 0.264. The maximum Gasteiger partial charge on any atom is 0.135 e. The molecule has 0 unspecified atom stereocenters. The molecule has 140 valence electrons. The molecule has 0 aliphatic carbocycles. The Morgan fingerprint density at radius 1 is 1.23 bits per heavy atom. The zero-order valence-electron chi connectivity index (χ0n) is 15.5. The Kier molecular flexibility index (Phi) is 5.22. The Morgan fingerprint density at radius 3 is 2.92 bits per heavy atom. The normalized spacial score (nSPS) is 21.5. The summed E-state index contributed by atoms with van der Waals surface area (Å²) in [5, 5.41) is 9.58. The molecule has 2 aliphatic heterocycles. The summed E-state index contributed by atoms with van der Waals surface area (Å²) in [7, 11) is 0. The van der Waals surface area contributed by atoms with Crippen molar-refractivity contribution in [1.82, 2.24) is 14.9 Å². The fourth-order valence-corrected chi connectivity index (χ4v) is 4.20. The lowest BCUT2D eigenvalue weighted by Gasteiger charge is -2.34. The topological polar surface area (TPSA) is 65.6 Å². The third kappa shape index (κ3) is 3.76. The molecule has 0 amide bonds. The van der Waals surface area contributed by atoms with E-state index in [1.165, 1.54) is 11.3 Å². The highest BCUT2D eigenvalue weighted by Gasteiger charge is 2.26. The van der Waals surface area contributed by atoms with Crippen molar-refractivity contribution in [1.29, 1.82) is 0 Å². The highest BCUT2D eigenvalue weighted by Crippen LogP contribution is 2.29. The van der Waals surface area contributed by atoms with Crippen LogP contribution in [0.2, 0.25) is 0 Å². The van der Waals surface area contributed by atoms with Crippen molar-refractivity contribution in [3.05, 3.63) is 41.2 Å². The van der Waals surface area contributed by atoms with Crippen LogP contribution in [0.25, 0.3) is 0 Å². The SMILES string of the molecule is Cc1nc2c(c(N3CCC[C@H](CO)C3)n1)CCN(Cc1ccco1)CC2. The third-order valence-corrected chi connectivity index (χ3v) is 5.56. The highest BCUT2D eigenvalue weighted by molar-refractivity contribution is 5.50. The number of rotatable bonds is 4. The van der Waals surface area contributed by atoms with Crippen LogP contribution in [0.4, 0.5) is 5.82 Å². The second kappa shape index (κ2) is 7.76. The van der Waals surface area contributed by atoms with Crippen LogP contribution in [0.3, 0.4) is 0 Å². The maximum absolute atomic E-state index is 9.58. The number of aliphatic hydroxyl groups is 1. The fourth-order valence-electron chi connectivity index (χ4n) is 4.20. The summed E-state index contributed by atoms with van der Waals surface area (Å²) < 4.78 is 5.51. The van der Waals surface area contributed by atoms with Crippen LogP contribution in [0.15, 0.2) is 22.8 Å². The Morgan fingerprint density at radius 2 is 2.12 bits per heavy atom. The predicted molar refractivity (Wildman–Crippen MR) is 100 cm³/mol. The number of nitrogens with zero attached hydrogens (tertiary/aromatic N) is 4. The molecule has 1 fully saturated rings.